The largest absolute Gasteiger partial charge is 0.506 e. The van der Waals surface area contributed by atoms with Gasteiger partial charge in [0.05, 0.1) is 0 Å². The van der Waals surface area contributed by atoms with Crippen LogP contribution in [0.15, 0.2) is 36.4 Å². The van der Waals surface area contributed by atoms with Crippen LogP contribution < -0.4 is 5.32 Å². The summed E-state index contributed by atoms with van der Waals surface area (Å²) in [5, 5.41) is 12.1. The molecule has 1 aliphatic rings. The van der Waals surface area contributed by atoms with Gasteiger partial charge in [-0.1, -0.05) is 35.3 Å². The van der Waals surface area contributed by atoms with Gasteiger partial charge in [-0.2, -0.15) is 13.2 Å². The highest BCUT2D eigenvalue weighted by Crippen LogP contribution is 2.38. The minimum Gasteiger partial charge on any atom is -0.450 e. The molecule has 168 valence electrons. The quantitative estimate of drug-likeness (QED) is 0.479. The van der Waals surface area contributed by atoms with Gasteiger partial charge >= 0.3 is 12.3 Å². The zero-order valence-electron chi connectivity index (χ0n) is 16.8. The van der Waals surface area contributed by atoms with Gasteiger partial charge in [-0.3, -0.25) is 4.90 Å². The first-order chi connectivity index (χ1) is 14.4. The van der Waals surface area contributed by atoms with Crippen molar-refractivity contribution >= 4 is 35.0 Å². The van der Waals surface area contributed by atoms with Crippen LogP contribution in [0.4, 0.5) is 23.7 Å². The highest BCUT2D eigenvalue weighted by Gasteiger charge is 2.43. The minimum atomic E-state index is -4.53. The molecule has 0 spiro atoms. The van der Waals surface area contributed by atoms with E-state index in [4.69, 9.17) is 33.0 Å². The van der Waals surface area contributed by atoms with Gasteiger partial charge in [0.1, 0.15) is 11.6 Å². The van der Waals surface area contributed by atoms with Gasteiger partial charge in [-0.25, -0.2) is 4.79 Å². The van der Waals surface area contributed by atoms with Crippen LogP contribution in [0.2, 0.25) is 10.0 Å². The van der Waals surface area contributed by atoms with Crippen LogP contribution in [0, 0.1) is 6.92 Å². The second kappa shape index (κ2) is 8.76. The van der Waals surface area contributed by atoms with Crippen molar-refractivity contribution in [3.63, 3.8) is 0 Å². The number of alkyl halides is 3. The smallest absolute Gasteiger partial charge is 0.450 e. The van der Waals surface area contributed by atoms with E-state index in [2.05, 4.69) is 5.32 Å². The van der Waals surface area contributed by atoms with Crippen molar-refractivity contribution in [2.24, 2.45) is 0 Å². The second-order valence-corrected chi connectivity index (χ2v) is 8.71. The van der Waals surface area contributed by atoms with E-state index < -0.39 is 24.0 Å². The first-order valence-corrected chi connectivity index (χ1v) is 10.1. The van der Waals surface area contributed by atoms with Gasteiger partial charge in [-0.15, -0.1) is 0 Å². The van der Waals surface area contributed by atoms with E-state index in [-0.39, 0.29) is 11.3 Å². The molecule has 31 heavy (non-hydrogen) atoms. The molecule has 1 atom stereocenters. The molecule has 1 heterocycles. The van der Waals surface area contributed by atoms with Crippen LogP contribution in [0.5, 0.6) is 0 Å². The lowest BCUT2D eigenvalue weighted by atomic mass is 9.95. The molecule has 0 aliphatic carbocycles. The van der Waals surface area contributed by atoms with Crippen molar-refractivity contribution in [2.45, 2.75) is 38.2 Å². The molecular weight excluding hydrogens is 456 g/mol. The second-order valence-electron chi connectivity index (χ2n) is 7.90. The lowest BCUT2D eigenvalue weighted by molar-refractivity contribution is -0.144. The number of hydrogen-bond donors (Lipinski definition) is 2. The van der Waals surface area contributed by atoms with E-state index in [9.17, 15) is 18.0 Å². The van der Waals surface area contributed by atoms with Crippen LogP contribution in [-0.4, -0.2) is 41.0 Å². The third kappa shape index (κ3) is 5.75. The molecule has 1 saturated heterocycles. The molecule has 0 bridgehead atoms. The zero-order valence-corrected chi connectivity index (χ0v) is 18.3. The van der Waals surface area contributed by atoms with Crippen LogP contribution in [0.1, 0.15) is 29.7 Å². The number of benzene rings is 2. The summed E-state index contributed by atoms with van der Waals surface area (Å²) < 4.78 is 46.2. The fraction of sp³-hybridized carbons (Fsp3) is 0.381. The summed E-state index contributed by atoms with van der Waals surface area (Å²) in [4.78, 5) is 12.6. The lowest BCUT2D eigenvalue weighted by Gasteiger charge is -2.46. The molecule has 2 aromatic carbocycles. The number of anilines is 1. The number of aryl methyl sites for hydroxylation is 1. The Labute approximate surface area is 187 Å². The maximum Gasteiger partial charge on any atom is 0.506 e. The molecule has 0 amide bonds. The number of ether oxygens (including phenoxy) is 1. The van der Waals surface area contributed by atoms with Gasteiger partial charge in [0.15, 0.2) is 0 Å². The van der Waals surface area contributed by atoms with Crippen molar-refractivity contribution in [1.82, 2.24) is 4.90 Å². The first-order valence-electron chi connectivity index (χ1n) is 9.38. The molecule has 1 aliphatic heterocycles. The van der Waals surface area contributed by atoms with Crippen molar-refractivity contribution in [1.29, 1.82) is 0 Å². The summed E-state index contributed by atoms with van der Waals surface area (Å²) in [7, 11) is 0. The molecule has 5 nitrogen and oxygen atoms in total. The fourth-order valence-corrected chi connectivity index (χ4v) is 3.98. The standard InChI is InChI=1S/C21H21Cl2F3N2O3/c1-12-7-13(3-5-16(12)22)18(21(24,25)26)27-15-4-6-17(23)14(8-15)9-28-10-20(2,11-28)31-19(29)30/h3-8,18,27H,9-11H2,1-2H3,(H,29,30)/t18-/m0/s1. The maximum atomic E-state index is 13.8. The van der Waals surface area contributed by atoms with Crippen molar-refractivity contribution in [3.8, 4) is 0 Å². The summed E-state index contributed by atoms with van der Waals surface area (Å²) in [6.07, 6.45) is -5.88. The number of nitrogens with zero attached hydrogens (tertiary/aromatic N) is 1. The van der Waals surface area contributed by atoms with E-state index in [0.717, 1.165) is 0 Å². The van der Waals surface area contributed by atoms with E-state index in [0.29, 0.717) is 40.8 Å². The number of carboxylic acid groups (broad SMARTS) is 1. The van der Waals surface area contributed by atoms with Crippen molar-refractivity contribution < 1.29 is 27.8 Å². The predicted octanol–water partition coefficient (Wildman–Crippen LogP) is 6.29. The lowest BCUT2D eigenvalue weighted by Crippen LogP contribution is -2.61. The molecule has 3 rings (SSSR count). The number of halogens is 5. The molecule has 0 radical (unpaired) electrons. The summed E-state index contributed by atoms with van der Waals surface area (Å²) >= 11 is 12.2. The van der Waals surface area contributed by atoms with Gasteiger partial charge in [0.2, 0.25) is 0 Å². The van der Waals surface area contributed by atoms with Crippen LogP contribution in [0.25, 0.3) is 0 Å². The highest BCUT2D eigenvalue weighted by molar-refractivity contribution is 6.31. The summed E-state index contributed by atoms with van der Waals surface area (Å²) in [5.41, 5.74) is 0.686. The molecule has 10 heteroatoms. The van der Waals surface area contributed by atoms with E-state index in [1.165, 1.54) is 30.3 Å². The monoisotopic (exact) mass is 476 g/mol. The Kier molecular flexibility index (Phi) is 6.64. The zero-order chi connectivity index (χ0) is 23.0. The van der Waals surface area contributed by atoms with Crippen molar-refractivity contribution in [2.75, 3.05) is 18.4 Å². The molecular formula is C21H21Cl2F3N2O3. The molecule has 2 aromatic rings. The number of nitrogens with one attached hydrogen (secondary N) is 1. The van der Waals surface area contributed by atoms with E-state index in [1.807, 2.05) is 4.90 Å². The summed E-state index contributed by atoms with van der Waals surface area (Å²) in [6, 6.07) is 6.87. The minimum absolute atomic E-state index is 0.0511. The number of hydrogen-bond acceptors (Lipinski definition) is 4. The molecule has 0 unspecified atom stereocenters. The summed E-state index contributed by atoms with van der Waals surface area (Å²) in [5.74, 6) is 0. The average molecular weight is 477 g/mol. The van der Waals surface area contributed by atoms with Crippen LogP contribution >= 0.6 is 23.2 Å². The average Bonchev–Trinajstić information content (AvgIpc) is 2.61. The Morgan fingerprint density at radius 2 is 1.87 bits per heavy atom. The topological polar surface area (TPSA) is 61.8 Å². The van der Waals surface area contributed by atoms with Gasteiger partial charge in [0.25, 0.3) is 0 Å². The van der Waals surface area contributed by atoms with Gasteiger partial charge in [-0.05, 0) is 54.8 Å². The third-order valence-corrected chi connectivity index (χ3v) is 5.84. The maximum absolute atomic E-state index is 13.8. The van der Waals surface area contributed by atoms with E-state index in [1.54, 1.807) is 19.9 Å². The van der Waals surface area contributed by atoms with Crippen molar-refractivity contribution in [3.05, 3.63) is 63.1 Å². The molecule has 2 N–H and O–H groups in total. The Balaban J connectivity index is 1.76. The Morgan fingerprint density at radius 3 is 2.45 bits per heavy atom. The third-order valence-electron chi connectivity index (χ3n) is 5.04. The highest BCUT2D eigenvalue weighted by atomic mass is 35.5. The Bertz CT molecular complexity index is 979. The molecule has 1 fully saturated rings. The number of likely N-dealkylation sites (tertiary alicyclic amines) is 1. The number of carbonyl (C=O) groups is 1. The SMILES string of the molecule is Cc1cc([C@H](Nc2ccc(Cl)c(CN3CC(C)(OC(=O)O)C3)c2)C(F)(F)F)ccc1Cl. The Morgan fingerprint density at radius 1 is 1.23 bits per heavy atom. The fourth-order valence-electron chi connectivity index (χ4n) is 3.68. The summed E-state index contributed by atoms with van der Waals surface area (Å²) in [6.45, 7) is 4.41. The predicted molar refractivity (Wildman–Crippen MR) is 113 cm³/mol. The molecule has 0 saturated carbocycles. The van der Waals surface area contributed by atoms with E-state index >= 15 is 0 Å². The van der Waals surface area contributed by atoms with Gasteiger partial charge in [0, 0.05) is 35.4 Å². The first kappa shape index (κ1) is 23.5. The number of rotatable bonds is 6. The molecule has 0 aromatic heterocycles. The van der Waals surface area contributed by atoms with Gasteiger partial charge < -0.3 is 15.2 Å². The van der Waals surface area contributed by atoms with Crippen LogP contribution in [0.3, 0.4) is 0 Å². The van der Waals surface area contributed by atoms with Crippen LogP contribution in [-0.2, 0) is 11.3 Å². The normalized spacial score (nSPS) is 17.0. The Hall–Kier alpha value is -2.16.